The zero-order valence-corrected chi connectivity index (χ0v) is 11.9. The van der Waals surface area contributed by atoms with Gasteiger partial charge in [-0.2, -0.15) is 0 Å². The summed E-state index contributed by atoms with van der Waals surface area (Å²) < 4.78 is 0. The second-order valence-corrected chi connectivity index (χ2v) is 7.15. The number of hydrogen-bond donors (Lipinski definition) is 2. The molecule has 104 valence electrons. The fraction of sp³-hybridized carbons (Fsp3) is 0.933. The SMILES string of the molecule is CC1(C)CCCC(NC(=O)C2(N)CCCCC2)C1. The van der Waals surface area contributed by atoms with Crippen LogP contribution in [0.1, 0.15) is 71.6 Å². The lowest BCUT2D eigenvalue weighted by atomic mass is 9.74. The van der Waals surface area contributed by atoms with E-state index < -0.39 is 5.54 Å². The molecule has 3 nitrogen and oxygen atoms in total. The van der Waals surface area contributed by atoms with Crippen molar-refractivity contribution < 1.29 is 4.79 Å². The molecule has 0 heterocycles. The highest BCUT2D eigenvalue weighted by Gasteiger charge is 2.37. The quantitative estimate of drug-likeness (QED) is 0.794. The molecule has 0 aromatic rings. The molecule has 18 heavy (non-hydrogen) atoms. The molecule has 2 fully saturated rings. The third kappa shape index (κ3) is 3.25. The van der Waals surface area contributed by atoms with Crippen LogP contribution in [0.4, 0.5) is 0 Å². The number of hydrogen-bond acceptors (Lipinski definition) is 2. The van der Waals surface area contributed by atoms with Crippen molar-refractivity contribution in [3.63, 3.8) is 0 Å². The Labute approximate surface area is 111 Å². The lowest BCUT2D eigenvalue weighted by molar-refractivity contribution is -0.128. The molecule has 0 aliphatic heterocycles. The Morgan fingerprint density at radius 3 is 2.39 bits per heavy atom. The van der Waals surface area contributed by atoms with E-state index in [4.69, 9.17) is 5.73 Å². The van der Waals surface area contributed by atoms with E-state index in [-0.39, 0.29) is 5.91 Å². The third-order valence-electron chi connectivity index (χ3n) is 4.74. The molecule has 0 spiro atoms. The Morgan fingerprint density at radius 1 is 1.11 bits per heavy atom. The van der Waals surface area contributed by atoms with Crippen LogP contribution in [-0.2, 0) is 4.79 Å². The Balaban J connectivity index is 1.90. The summed E-state index contributed by atoms with van der Waals surface area (Å²) in [6, 6.07) is 0.337. The van der Waals surface area contributed by atoms with Gasteiger partial charge in [-0.25, -0.2) is 0 Å². The normalized spacial score (nSPS) is 30.7. The van der Waals surface area contributed by atoms with E-state index in [1.807, 2.05) is 0 Å². The molecule has 3 N–H and O–H groups in total. The molecule has 0 saturated heterocycles. The first kappa shape index (κ1) is 13.9. The van der Waals surface area contributed by atoms with E-state index in [0.717, 1.165) is 38.5 Å². The molecular weight excluding hydrogens is 224 g/mol. The number of carbonyl (C=O) groups is 1. The van der Waals surface area contributed by atoms with Crippen LogP contribution in [0.3, 0.4) is 0 Å². The lowest BCUT2D eigenvalue weighted by Gasteiger charge is -2.38. The average Bonchev–Trinajstić information content (AvgIpc) is 2.28. The van der Waals surface area contributed by atoms with Gasteiger partial charge in [0.1, 0.15) is 0 Å². The van der Waals surface area contributed by atoms with Crippen molar-refractivity contribution in [2.24, 2.45) is 11.1 Å². The fourth-order valence-corrected chi connectivity index (χ4v) is 3.56. The zero-order valence-electron chi connectivity index (χ0n) is 11.9. The van der Waals surface area contributed by atoms with E-state index >= 15 is 0 Å². The predicted molar refractivity (Wildman–Crippen MR) is 74.2 cm³/mol. The van der Waals surface area contributed by atoms with Crippen LogP contribution in [-0.4, -0.2) is 17.5 Å². The Bertz CT molecular complexity index is 306. The molecule has 0 aromatic carbocycles. The maximum Gasteiger partial charge on any atom is 0.240 e. The van der Waals surface area contributed by atoms with Gasteiger partial charge < -0.3 is 11.1 Å². The molecule has 2 aliphatic carbocycles. The predicted octanol–water partition coefficient (Wildman–Crippen LogP) is 2.73. The van der Waals surface area contributed by atoms with Crippen molar-refractivity contribution >= 4 is 5.91 Å². The minimum Gasteiger partial charge on any atom is -0.352 e. The average molecular weight is 252 g/mol. The van der Waals surface area contributed by atoms with E-state index in [0.29, 0.717) is 11.5 Å². The molecule has 0 aromatic heterocycles. The number of rotatable bonds is 2. The van der Waals surface area contributed by atoms with Gasteiger partial charge in [-0.05, 0) is 37.5 Å². The smallest absolute Gasteiger partial charge is 0.240 e. The molecule has 1 atom stereocenters. The minimum absolute atomic E-state index is 0.102. The van der Waals surface area contributed by atoms with Gasteiger partial charge in [0, 0.05) is 6.04 Å². The summed E-state index contributed by atoms with van der Waals surface area (Å²) in [5, 5.41) is 3.22. The fourth-order valence-electron chi connectivity index (χ4n) is 3.56. The zero-order chi connectivity index (χ0) is 13.2. The van der Waals surface area contributed by atoms with Gasteiger partial charge in [0.15, 0.2) is 0 Å². The first-order valence-electron chi connectivity index (χ1n) is 7.51. The first-order chi connectivity index (χ1) is 8.41. The molecule has 0 bridgehead atoms. The van der Waals surface area contributed by atoms with Gasteiger partial charge in [-0.15, -0.1) is 0 Å². The molecule has 0 radical (unpaired) electrons. The largest absolute Gasteiger partial charge is 0.352 e. The molecule has 2 saturated carbocycles. The maximum atomic E-state index is 12.4. The van der Waals surface area contributed by atoms with Crippen molar-refractivity contribution in [3.05, 3.63) is 0 Å². The van der Waals surface area contributed by atoms with Gasteiger partial charge in [0.05, 0.1) is 5.54 Å². The lowest BCUT2D eigenvalue weighted by Crippen LogP contribution is -2.57. The van der Waals surface area contributed by atoms with Gasteiger partial charge in [0.25, 0.3) is 0 Å². The molecule has 2 aliphatic rings. The first-order valence-corrected chi connectivity index (χ1v) is 7.51. The molecule has 1 unspecified atom stereocenters. The molecule has 2 rings (SSSR count). The number of nitrogens with one attached hydrogen (secondary N) is 1. The number of carbonyl (C=O) groups excluding carboxylic acids is 1. The van der Waals surface area contributed by atoms with Crippen LogP contribution in [0.2, 0.25) is 0 Å². The standard InChI is InChI=1S/C15H28N2O/c1-14(2)8-6-7-12(11-14)17-13(18)15(16)9-4-3-5-10-15/h12H,3-11,16H2,1-2H3,(H,17,18). The summed E-state index contributed by atoms with van der Waals surface area (Å²) in [6.45, 7) is 4.59. The van der Waals surface area contributed by atoms with Crippen LogP contribution in [0.15, 0.2) is 0 Å². The molecule has 1 amide bonds. The van der Waals surface area contributed by atoms with Gasteiger partial charge >= 0.3 is 0 Å². The van der Waals surface area contributed by atoms with Crippen LogP contribution in [0, 0.1) is 5.41 Å². The van der Waals surface area contributed by atoms with E-state index in [1.165, 1.54) is 19.3 Å². The van der Waals surface area contributed by atoms with E-state index in [2.05, 4.69) is 19.2 Å². The van der Waals surface area contributed by atoms with Crippen molar-refractivity contribution in [2.75, 3.05) is 0 Å². The molecular formula is C15H28N2O. The topological polar surface area (TPSA) is 55.1 Å². The Hall–Kier alpha value is -0.570. The van der Waals surface area contributed by atoms with Crippen molar-refractivity contribution in [1.29, 1.82) is 0 Å². The van der Waals surface area contributed by atoms with Crippen LogP contribution >= 0.6 is 0 Å². The van der Waals surface area contributed by atoms with Crippen molar-refractivity contribution in [1.82, 2.24) is 5.32 Å². The summed E-state index contributed by atoms with van der Waals surface area (Å²) in [5.74, 6) is 0.102. The Morgan fingerprint density at radius 2 is 1.78 bits per heavy atom. The summed E-state index contributed by atoms with van der Waals surface area (Å²) in [5.41, 5.74) is 6.06. The second kappa shape index (κ2) is 5.20. The van der Waals surface area contributed by atoms with Crippen molar-refractivity contribution in [2.45, 2.75) is 83.2 Å². The van der Waals surface area contributed by atoms with Crippen molar-refractivity contribution in [3.8, 4) is 0 Å². The van der Waals surface area contributed by atoms with Gasteiger partial charge in [-0.1, -0.05) is 39.5 Å². The summed E-state index contributed by atoms with van der Waals surface area (Å²) in [7, 11) is 0. The Kier molecular flexibility index (Phi) is 4.00. The minimum atomic E-state index is -0.583. The van der Waals surface area contributed by atoms with Crippen LogP contribution < -0.4 is 11.1 Å². The third-order valence-corrected chi connectivity index (χ3v) is 4.74. The highest BCUT2D eigenvalue weighted by molar-refractivity contribution is 5.86. The van der Waals surface area contributed by atoms with E-state index in [1.54, 1.807) is 0 Å². The van der Waals surface area contributed by atoms with Crippen LogP contribution in [0.5, 0.6) is 0 Å². The highest BCUT2D eigenvalue weighted by atomic mass is 16.2. The van der Waals surface area contributed by atoms with Crippen LogP contribution in [0.25, 0.3) is 0 Å². The van der Waals surface area contributed by atoms with Gasteiger partial charge in [-0.3, -0.25) is 4.79 Å². The monoisotopic (exact) mass is 252 g/mol. The van der Waals surface area contributed by atoms with Gasteiger partial charge in [0.2, 0.25) is 5.91 Å². The highest BCUT2D eigenvalue weighted by Crippen LogP contribution is 2.35. The summed E-state index contributed by atoms with van der Waals surface area (Å²) in [4.78, 5) is 12.4. The number of nitrogens with two attached hydrogens (primary N) is 1. The second-order valence-electron chi connectivity index (χ2n) is 7.15. The maximum absolute atomic E-state index is 12.4. The molecule has 3 heteroatoms. The van der Waals surface area contributed by atoms with E-state index in [9.17, 15) is 4.79 Å². The number of amides is 1. The summed E-state index contributed by atoms with van der Waals surface area (Å²) in [6.07, 6.45) is 9.83. The summed E-state index contributed by atoms with van der Waals surface area (Å²) >= 11 is 0.